The number of nitrogens with zero attached hydrogens (tertiary/aromatic N) is 3. The summed E-state index contributed by atoms with van der Waals surface area (Å²) < 4.78 is 11.2. The molecule has 3 rings (SSSR count). The predicted octanol–water partition coefficient (Wildman–Crippen LogP) is 2.15. The van der Waals surface area contributed by atoms with Crippen molar-refractivity contribution in [1.82, 2.24) is 15.1 Å². The molecule has 0 radical (unpaired) electrons. The Morgan fingerprint density at radius 3 is 2.81 bits per heavy atom. The number of hydrogen-bond donors (Lipinski definition) is 1. The summed E-state index contributed by atoms with van der Waals surface area (Å²) in [6.45, 7) is 8.18. The van der Waals surface area contributed by atoms with Crippen molar-refractivity contribution in [3.63, 3.8) is 0 Å². The second-order valence-corrected chi connectivity index (χ2v) is 5.90. The lowest BCUT2D eigenvalue weighted by atomic mass is 9.97. The van der Waals surface area contributed by atoms with Crippen LogP contribution in [0.4, 0.5) is 0 Å². The molecule has 1 aliphatic heterocycles. The zero-order chi connectivity index (χ0) is 15.0. The molecule has 0 spiro atoms. The molecule has 0 amide bonds. The van der Waals surface area contributed by atoms with Crippen LogP contribution < -0.4 is 0 Å². The van der Waals surface area contributed by atoms with Gasteiger partial charge in [-0.1, -0.05) is 6.92 Å². The quantitative estimate of drug-likeness (QED) is 0.934. The number of aliphatic hydroxyl groups is 1. The topological polar surface area (TPSA) is 75.5 Å². The van der Waals surface area contributed by atoms with Crippen LogP contribution in [0, 0.1) is 19.8 Å². The third-order valence-electron chi connectivity index (χ3n) is 4.04. The molecule has 3 heterocycles. The Kier molecular flexibility index (Phi) is 3.82. The van der Waals surface area contributed by atoms with Gasteiger partial charge in [-0.15, -0.1) is 10.2 Å². The fraction of sp³-hybridized carbons (Fsp3) is 0.600. The number of furan rings is 1. The van der Waals surface area contributed by atoms with Crippen LogP contribution in [-0.2, 0) is 6.54 Å². The zero-order valence-corrected chi connectivity index (χ0v) is 12.7. The standard InChI is InChI=1S/C15H21N3O3/c1-9-7-18(5-4-13(9)19)8-14-16-17-15(21-14)12-6-10(2)20-11(12)3/h6,9,13,19H,4-5,7-8H2,1-3H3. The Bertz CT molecular complexity index is 619. The minimum Gasteiger partial charge on any atom is -0.466 e. The lowest BCUT2D eigenvalue weighted by molar-refractivity contribution is 0.0290. The molecular weight excluding hydrogens is 270 g/mol. The van der Waals surface area contributed by atoms with Crippen LogP contribution in [0.1, 0.15) is 30.8 Å². The average molecular weight is 291 g/mol. The van der Waals surface area contributed by atoms with E-state index in [-0.39, 0.29) is 12.0 Å². The molecule has 6 nitrogen and oxygen atoms in total. The summed E-state index contributed by atoms with van der Waals surface area (Å²) in [5, 5.41) is 18.0. The maximum atomic E-state index is 9.76. The molecule has 0 saturated carbocycles. The molecule has 1 N–H and O–H groups in total. The molecule has 2 atom stereocenters. The predicted molar refractivity (Wildman–Crippen MR) is 76.5 cm³/mol. The summed E-state index contributed by atoms with van der Waals surface area (Å²) >= 11 is 0. The van der Waals surface area contributed by atoms with Gasteiger partial charge in [0.15, 0.2) is 0 Å². The number of aromatic nitrogens is 2. The van der Waals surface area contributed by atoms with E-state index < -0.39 is 0 Å². The highest BCUT2D eigenvalue weighted by Crippen LogP contribution is 2.26. The number of rotatable bonds is 3. The van der Waals surface area contributed by atoms with Gasteiger partial charge >= 0.3 is 0 Å². The van der Waals surface area contributed by atoms with Crippen LogP contribution in [0.3, 0.4) is 0 Å². The minimum atomic E-state index is -0.198. The van der Waals surface area contributed by atoms with Gasteiger partial charge in [0.25, 0.3) is 5.89 Å². The van der Waals surface area contributed by atoms with Crippen LogP contribution >= 0.6 is 0 Å². The molecule has 1 saturated heterocycles. The number of piperidine rings is 1. The molecule has 6 heteroatoms. The van der Waals surface area contributed by atoms with Crippen molar-refractivity contribution < 1.29 is 13.9 Å². The second kappa shape index (κ2) is 5.61. The van der Waals surface area contributed by atoms with Crippen molar-refractivity contribution in [2.45, 2.75) is 39.8 Å². The van der Waals surface area contributed by atoms with Crippen LogP contribution in [0.5, 0.6) is 0 Å². The monoisotopic (exact) mass is 291 g/mol. The van der Waals surface area contributed by atoms with Gasteiger partial charge in [0.05, 0.1) is 18.2 Å². The fourth-order valence-electron chi connectivity index (χ4n) is 2.82. The van der Waals surface area contributed by atoms with Crippen molar-refractivity contribution in [3.05, 3.63) is 23.5 Å². The fourth-order valence-corrected chi connectivity index (χ4v) is 2.82. The van der Waals surface area contributed by atoms with Gasteiger partial charge in [0, 0.05) is 13.1 Å². The molecule has 0 aromatic carbocycles. The molecule has 2 aromatic heterocycles. The van der Waals surface area contributed by atoms with Crippen molar-refractivity contribution >= 4 is 0 Å². The van der Waals surface area contributed by atoms with Crippen molar-refractivity contribution in [3.8, 4) is 11.5 Å². The Balaban J connectivity index is 1.70. The smallest absolute Gasteiger partial charge is 0.251 e. The highest BCUT2D eigenvalue weighted by atomic mass is 16.4. The maximum Gasteiger partial charge on any atom is 0.251 e. The molecule has 2 aromatic rings. The first-order valence-corrected chi connectivity index (χ1v) is 7.33. The Morgan fingerprint density at radius 1 is 1.33 bits per heavy atom. The molecular formula is C15H21N3O3. The number of aryl methyl sites for hydroxylation is 2. The van der Waals surface area contributed by atoms with Gasteiger partial charge in [0.1, 0.15) is 11.5 Å². The first-order chi connectivity index (χ1) is 10.0. The van der Waals surface area contributed by atoms with Crippen molar-refractivity contribution in [2.24, 2.45) is 5.92 Å². The second-order valence-electron chi connectivity index (χ2n) is 5.90. The van der Waals surface area contributed by atoms with Gasteiger partial charge < -0.3 is 13.9 Å². The van der Waals surface area contributed by atoms with E-state index in [0.717, 1.165) is 36.6 Å². The zero-order valence-electron chi connectivity index (χ0n) is 12.7. The van der Waals surface area contributed by atoms with E-state index in [1.54, 1.807) is 0 Å². The van der Waals surface area contributed by atoms with E-state index in [4.69, 9.17) is 8.83 Å². The number of likely N-dealkylation sites (tertiary alicyclic amines) is 1. The first-order valence-electron chi connectivity index (χ1n) is 7.33. The van der Waals surface area contributed by atoms with Crippen LogP contribution in [0.2, 0.25) is 0 Å². The Hall–Kier alpha value is -1.66. The molecule has 114 valence electrons. The van der Waals surface area contributed by atoms with Gasteiger partial charge in [0.2, 0.25) is 5.89 Å². The van der Waals surface area contributed by atoms with E-state index in [1.807, 2.05) is 19.9 Å². The molecule has 0 aliphatic carbocycles. The summed E-state index contributed by atoms with van der Waals surface area (Å²) in [6, 6.07) is 1.91. The minimum absolute atomic E-state index is 0.198. The van der Waals surface area contributed by atoms with E-state index in [2.05, 4.69) is 22.0 Å². The van der Waals surface area contributed by atoms with Crippen molar-refractivity contribution in [1.29, 1.82) is 0 Å². The van der Waals surface area contributed by atoms with E-state index >= 15 is 0 Å². The van der Waals surface area contributed by atoms with Gasteiger partial charge in [-0.05, 0) is 32.3 Å². The lowest BCUT2D eigenvalue weighted by Crippen LogP contribution is -2.41. The van der Waals surface area contributed by atoms with E-state index in [9.17, 15) is 5.11 Å². The molecule has 21 heavy (non-hydrogen) atoms. The summed E-state index contributed by atoms with van der Waals surface area (Å²) in [4.78, 5) is 2.24. The van der Waals surface area contributed by atoms with Gasteiger partial charge in [-0.2, -0.15) is 0 Å². The highest BCUT2D eigenvalue weighted by molar-refractivity contribution is 5.55. The van der Waals surface area contributed by atoms with Crippen LogP contribution in [0.15, 0.2) is 14.9 Å². The summed E-state index contributed by atoms with van der Waals surface area (Å²) in [6.07, 6.45) is 0.596. The third-order valence-corrected chi connectivity index (χ3v) is 4.04. The molecule has 1 fully saturated rings. The number of hydrogen-bond acceptors (Lipinski definition) is 6. The molecule has 0 bridgehead atoms. The Morgan fingerprint density at radius 2 is 2.14 bits per heavy atom. The summed E-state index contributed by atoms with van der Waals surface area (Å²) in [5.74, 6) is 3.01. The van der Waals surface area contributed by atoms with Crippen molar-refractivity contribution in [2.75, 3.05) is 13.1 Å². The first kappa shape index (κ1) is 14.3. The Labute approximate surface area is 123 Å². The third kappa shape index (κ3) is 3.01. The average Bonchev–Trinajstić information content (AvgIpc) is 3.00. The summed E-state index contributed by atoms with van der Waals surface area (Å²) in [5.41, 5.74) is 0.855. The number of aliphatic hydroxyl groups excluding tert-OH is 1. The van der Waals surface area contributed by atoms with E-state index in [1.165, 1.54) is 0 Å². The molecule has 1 aliphatic rings. The van der Waals surface area contributed by atoms with Gasteiger partial charge in [-0.25, -0.2) is 0 Å². The highest BCUT2D eigenvalue weighted by Gasteiger charge is 2.25. The maximum absolute atomic E-state index is 9.76. The summed E-state index contributed by atoms with van der Waals surface area (Å²) in [7, 11) is 0. The SMILES string of the molecule is Cc1cc(-c2nnc(CN3CCC(O)C(C)C3)o2)c(C)o1. The van der Waals surface area contributed by atoms with Crippen LogP contribution in [0.25, 0.3) is 11.5 Å². The molecule has 2 unspecified atom stereocenters. The largest absolute Gasteiger partial charge is 0.466 e. The van der Waals surface area contributed by atoms with E-state index in [0.29, 0.717) is 18.3 Å². The van der Waals surface area contributed by atoms with Gasteiger partial charge in [-0.3, -0.25) is 4.90 Å². The van der Waals surface area contributed by atoms with Crippen LogP contribution in [-0.4, -0.2) is 39.4 Å². The lowest BCUT2D eigenvalue weighted by Gasteiger charge is -2.33. The normalized spacial score (nSPS) is 23.6.